The van der Waals surface area contributed by atoms with Gasteiger partial charge in [0.15, 0.2) is 0 Å². The Bertz CT molecular complexity index is 735. The third-order valence-corrected chi connectivity index (χ3v) is 10.0. The second kappa shape index (κ2) is 18.8. The molecule has 4 rings (SSSR count). The van der Waals surface area contributed by atoms with Crippen molar-refractivity contribution in [2.45, 2.75) is 192 Å². The van der Waals surface area contributed by atoms with Crippen molar-refractivity contribution in [3.8, 4) is 0 Å². The number of carbonyl (C=O) groups excluding carboxylic acids is 3. The Morgan fingerprint density at radius 2 is 0.767 bits per heavy atom. The van der Waals surface area contributed by atoms with Gasteiger partial charge in [-0.25, -0.2) is 0 Å². The Balaban J connectivity index is 1.51. The first-order valence-corrected chi connectivity index (χ1v) is 18.2. The van der Waals surface area contributed by atoms with E-state index >= 15 is 0 Å². The fourth-order valence-corrected chi connectivity index (χ4v) is 8.54. The zero-order valence-electron chi connectivity index (χ0n) is 28.1. The van der Waals surface area contributed by atoms with Gasteiger partial charge in [0, 0.05) is 77.6 Å². The van der Waals surface area contributed by atoms with Gasteiger partial charge in [-0.3, -0.25) is 14.4 Å². The number of Topliss-reactive ketones (excluding diaryl/α,β-unsaturated/α-hetero) is 3. The first-order chi connectivity index (χ1) is 20.8. The van der Waals surface area contributed by atoms with E-state index < -0.39 is 0 Å². The molecule has 0 unspecified atom stereocenters. The van der Waals surface area contributed by atoms with E-state index in [9.17, 15) is 14.4 Å². The molecule has 4 fully saturated rings. The zero-order valence-corrected chi connectivity index (χ0v) is 28.1. The van der Waals surface area contributed by atoms with E-state index in [4.69, 9.17) is 14.2 Å². The summed E-state index contributed by atoms with van der Waals surface area (Å²) in [6, 6.07) is 0. The van der Waals surface area contributed by atoms with Crippen LogP contribution in [0, 0.1) is 5.92 Å². The molecule has 4 aliphatic carbocycles. The number of carbonyl (C=O) groups is 3. The smallest absolute Gasteiger partial charge is 0.132 e. The van der Waals surface area contributed by atoms with Crippen LogP contribution >= 0.6 is 0 Å². The molecule has 0 atom stereocenters. The van der Waals surface area contributed by atoms with Crippen molar-refractivity contribution in [2.24, 2.45) is 5.92 Å². The first kappa shape index (κ1) is 36.4. The van der Waals surface area contributed by atoms with Crippen LogP contribution in [0.5, 0.6) is 0 Å². The van der Waals surface area contributed by atoms with Gasteiger partial charge in [0.2, 0.25) is 0 Å². The van der Waals surface area contributed by atoms with E-state index in [1.165, 1.54) is 0 Å². The molecule has 0 aromatic heterocycles. The molecule has 0 heterocycles. The van der Waals surface area contributed by atoms with Crippen molar-refractivity contribution >= 4 is 17.3 Å². The first-order valence-electron chi connectivity index (χ1n) is 18.2. The Hall–Kier alpha value is -1.11. The summed E-state index contributed by atoms with van der Waals surface area (Å²) in [6.45, 7) is 8.45. The summed E-state index contributed by atoms with van der Waals surface area (Å²) in [5.41, 5.74) is -0.510. The highest BCUT2D eigenvalue weighted by atomic mass is 16.5. The molecule has 0 spiro atoms. The van der Waals surface area contributed by atoms with Gasteiger partial charge in [0.25, 0.3) is 0 Å². The lowest BCUT2D eigenvalue weighted by molar-refractivity contribution is -0.291. The largest absolute Gasteiger partial charge is 0.375 e. The van der Waals surface area contributed by atoms with Gasteiger partial charge in [-0.2, -0.15) is 0 Å². The van der Waals surface area contributed by atoms with Crippen LogP contribution in [0.25, 0.3) is 0 Å². The minimum Gasteiger partial charge on any atom is -0.375 e. The molecule has 6 nitrogen and oxygen atoms in total. The number of ether oxygens (including phenoxy) is 3. The van der Waals surface area contributed by atoms with Crippen molar-refractivity contribution in [1.29, 1.82) is 0 Å². The third-order valence-electron chi connectivity index (χ3n) is 10.0. The summed E-state index contributed by atoms with van der Waals surface area (Å²) in [6.07, 6.45) is 22.3. The Morgan fingerprint density at radius 1 is 0.465 bits per heavy atom. The van der Waals surface area contributed by atoms with Crippen molar-refractivity contribution in [1.82, 2.24) is 0 Å². The van der Waals surface area contributed by atoms with Crippen LogP contribution in [0.4, 0.5) is 0 Å². The lowest BCUT2D eigenvalue weighted by Gasteiger charge is -2.65. The molecule has 0 radical (unpaired) electrons. The maximum atomic E-state index is 11.9. The van der Waals surface area contributed by atoms with Gasteiger partial charge in [0.1, 0.15) is 17.3 Å². The quantitative estimate of drug-likeness (QED) is 0.0871. The molecule has 4 saturated carbocycles. The highest BCUT2D eigenvalue weighted by Crippen LogP contribution is 2.63. The van der Waals surface area contributed by atoms with Gasteiger partial charge in [-0.15, -0.1) is 0 Å². The van der Waals surface area contributed by atoms with Crippen LogP contribution in [0.2, 0.25) is 0 Å². The van der Waals surface area contributed by atoms with E-state index in [-0.39, 0.29) is 16.8 Å². The lowest BCUT2D eigenvalue weighted by Crippen LogP contribution is -2.68. The SMILES string of the molecule is CCCC(=O)CCCCCOC12CC3CC(OCCCCCC(=O)CCC)(C1)CC(OCCCCCC(=O)CCC)(C3)C2. The Morgan fingerprint density at radius 3 is 1.05 bits per heavy atom. The van der Waals surface area contributed by atoms with Crippen LogP contribution in [-0.4, -0.2) is 54.0 Å². The second-order valence-electron chi connectivity index (χ2n) is 14.4. The van der Waals surface area contributed by atoms with E-state index in [0.717, 1.165) is 135 Å². The van der Waals surface area contributed by atoms with Gasteiger partial charge in [-0.05, 0) is 83.0 Å². The fraction of sp³-hybridized carbons (Fsp3) is 0.919. The minimum absolute atomic E-state index is 0.170. The maximum Gasteiger partial charge on any atom is 0.132 e. The molecule has 0 amide bonds. The van der Waals surface area contributed by atoms with Crippen LogP contribution in [0.3, 0.4) is 0 Å². The molecule has 0 aromatic rings. The molecular weight excluding hydrogens is 540 g/mol. The van der Waals surface area contributed by atoms with Gasteiger partial charge >= 0.3 is 0 Å². The molecule has 0 N–H and O–H groups in total. The predicted octanol–water partition coefficient (Wildman–Crippen LogP) is 9.04. The lowest BCUT2D eigenvalue weighted by atomic mass is 9.50. The standard InChI is InChI=1S/C37H64O6/c1-4-16-32(38)19-10-7-13-22-41-35-25-31-26-36(28-35,42-23-14-8-11-20-33(39)17-5-2)30-37(27-31,29-35)43-24-15-9-12-21-34(40)18-6-3/h31H,4-30H2,1-3H3. The average molecular weight is 605 g/mol. The summed E-state index contributed by atoms with van der Waals surface area (Å²) in [4.78, 5) is 35.7. The molecule has 4 bridgehead atoms. The highest BCUT2D eigenvalue weighted by Gasteiger charge is 2.65. The molecule has 6 heteroatoms. The number of unbranched alkanes of at least 4 members (excludes halogenated alkanes) is 6. The second-order valence-corrected chi connectivity index (χ2v) is 14.4. The normalized spacial score (nSPS) is 27.6. The summed E-state index contributed by atoms with van der Waals surface area (Å²) < 4.78 is 20.4. The van der Waals surface area contributed by atoms with Crippen LogP contribution < -0.4 is 0 Å². The van der Waals surface area contributed by atoms with Gasteiger partial charge in [0.05, 0.1) is 16.8 Å². The van der Waals surface area contributed by atoms with Crippen LogP contribution in [0.1, 0.15) is 175 Å². The summed E-state index contributed by atoms with van der Waals surface area (Å²) >= 11 is 0. The summed E-state index contributed by atoms with van der Waals surface area (Å²) in [7, 11) is 0. The monoisotopic (exact) mass is 604 g/mol. The summed E-state index contributed by atoms with van der Waals surface area (Å²) in [5, 5.41) is 0. The number of hydrogen-bond acceptors (Lipinski definition) is 6. The van der Waals surface area contributed by atoms with Crippen molar-refractivity contribution in [3.63, 3.8) is 0 Å². The van der Waals surface area contributed by atoms with Gasteiger partial charge in [-0.1, -0.05) is 40.0 Å². The number of rotatable bonds is 27. The maximum absolute atomic E-state index is 11.9. The molecule has 43 heavy (non-hydrogen) atoms. The molecule has 4 aliphatic rings. The van der Waals surface area contributed by atoms with Crippen molar-refractivity contribution < 1.29 is 28.6 Å². The van der Waals surface area contributed by atoms with Crippen LogP contribution in [0.15, 0.2) is 0 Å². The summed E-state index contributed by atoms with van der Waals surface area (Å²) in [5.74, 6) is 1.75. The minimum atomic E-state index is -0.170. The van der Waals surface area contributed by atoms with E-state index in [2.05, 4.69) is 20.8 Å². The number of hydrogen-bond donors (Lipinski definition) is 0. The third kappa shape index (κ3) is 12.3. The van der Waals surface area contributed by atoms with Crippen LogP contribution in [-0.2, 0) is 28.6 Å². The Kier molecular flexibility index (Phi) is 15.9. The predicted molar refractivity (Wildman–Crippen MR) is 172 cm³/mol. The van der Waals surface area contributed by atoms with Crippen molar-refractivity contribution in [2.75, 3.05) is 19.8 Å². The topological polar surface area (TPSA) is 78.9 Å². The van der Waals surface area contributed by atoms with E-state index in [1.54, 1.807) is 0 Å². The highest BCUT2D eigenvalue weighted by molar-refractivity contribution is 5.78. The zero-order chi connectivity index (χ0) is 31.0. The Labute approximate surface area is 263 Å². The molecular formula is C37H64O6. The fourth-order valence-electron chi connectivity index (χ4n) is 8.54. The molecule has 0 aromatic carbocycles. The number of ketones is 3. The average Bonchev–Trinajstić information content (AvgIpc) is 2.94. The van der Waals surface area contributed by atoms with Crippen molar-refractivity contribution in [3.05, 3.63) is 0 Å². The van der Waals surface area contributed by atoms with E-state index in [1.807, 2.05) is 0 Å². The molecule has 248 valence electrons. The molecule has 0 aliphatic heterocycles. The van der Waals surface area contributed by atoms with Gasteiger partial charge < -0.3 is 14.2 Å². The molecule has 0 saturated heterocycles. The van der Waals surface area contributed by atoms with E-state index in [0.29, 0.717) is 61.8 Å².